The van der Waals surface area contributed by atoms with E-state index in [-0.39, 0.29) is 37.9 Å². The van der Waals surface area contributed by atoms with Crippen LogP contribution in [-0.4, -0.2) is 130 Å². The van der Waals surface area contributed by atoms with E-state index in [1.165, 1.54) is 0 Å². The summed E-state index contributed by atoms with van der Waals surface area (Å²) in [7, 11) is 5.11. The molecular weight excluding hydrogens is 660 g/mol. The number of amides is 3. The standard InChI is InChI=1S/C36H56N6O9/c1-5-36(21-49-33(46)40(2)30-12-6-27(7-13-30)18-37-24-43,22-50-34(47)41(3)31-14-8-28(9-15-31)19-38-25-44)23-51-35(48)42(4)32-16-10-29(11-17-32)20-39-26-45/h27-32H,5-23H2,1-4H3. The summed E-state index contributed by atoms with van der Waals surface area (Å²) in [6.07, 6.45) is 13.2. The van der Waals surface area contributed by atoms with E-state index in [1.54, 1.807) is 54.1 Å². The first-order valence-corrected chi connectivity index (χ1v) is 18.4. The third-order valence-electron chi connectivity index (χ3n) is 11.5. The van der Waals surface area contributed by atoms with Gasteiger partial charge in [0.05, 0.1) is 25.0 Å². The van der Waals surface area contributed by atoms with Crippen LogP contribution in [0.3, 0.4) is 0 Å². The van der Waals surface area contributed by atoms with Crippen molar-refractivity contribution in [2.24, 2.45) is 38.1 Å². The Morgan fingerprint density at radius 3 is 1.00 bits per heavy atom. The van der Waals surface area contributed by atoms with Crippen LogP contribution in [0.1, 0.15) is 90.4 Å². The van der Waals surface area contributed by atoms with Crippen LogP contribution >= 0.6 is 0 Å². The molecule has 0 N–H and O–H groups in total. The molecule has 15 nitrogen and oxygen atoms in total. The summed E-state index contributed by atoms with van der Waals surface area (Å²) in [6.45, 7) is 2.82. The quantitative estimate of drug-likeness (QED) is 0.117. The fourth-order valence-electron chi connectivity index (χ4n) is 7.47. The zero-order chi connectivity index (χ0) is 37.2. The van der Waals surface area contributed by atoms with E-state index in [0.29, 0.717) is 43.8 Å². The smallest absolute Gasteiger partial charge is 0.409 e. The predicted molar refractivity (Wildman–Crippen MR) is 186 cm³/mol. The van der Waals surface area contributed by atoms with Gasteiger partial charge in [0, 0.05) is 39.3 Å². The molecule has 0 saturated heterocycles. The summed E-state index contributed by atoms with van der Waals surface area (Å²) in [6, 6.07) is -0.0733. The van der Waals surface area contributed by atoms with Gasteiger partial charge in [-0.3, -0.25) is 0 Å². The average Bonchev–Trinajstić information content (AvgIpc) is 3.17. The van der Waals surface area contributed by atoms with Crippen molar-refractivity contribution in [2.75, 3.05) is 60.6 Å². The fraction of sp³-hybridized carbons (Fsp3) is 0.833. The molecule has 0 bridgehead atoms. The molecule has 0 aliphatic heterocycles. The monoisotopic (exact) mass is 716 g/mol. The minimum Gasteiger partial charge on any atom is -0.449 e. The maximum atomic E-state index is 13.3. The zero-order valence-electron chi connectivity index (χ0n) is 30.8. The Bertz CT molecular complexity index is 1120. The highest BCUT2D eigenvalue weighted by atomic mass is 16.6. The van der Waals surface area contributed by atoms with E-state index in [0.717, 1.165) is 77.0 Å². The maximum absolute atomic E-state index is 13.3. The Morgan fingerprint density at radius 2 is 0.784 bits per heavy atom. The second kappa shape index (κ2) is 21.3. The Kier molecular flexibility index (Phi) is 17.3. The number of carbonyl (C=O) groups excluding carboxylic acids is 6. The molecule has 0 radical (unpaired) electrons. The topological polar surface area (TPSA) is 177 Å². The summed E-state index contributed by atoms with van der Waals surface area (Å²) in [5, 5.41) is 0. The number of nitrogens with zero attached hydrogens (tertiary/aromatic N) is 6. The molecule has 15 heteroatoms. The normalized spacial score (nSPS) is 25.6. The van der Waals surface area contributed by atoms with Gasteiger partial charge in [0.1, 0.15) is 19.8 Å². The highest BCUT2D eigenvalue weighted by Gasteiger charge is 2.38. The van der Waals surface area contributed by atoms with Crippen molar-refractivity contribution in [1.29, 1.82) is 0 Å². The molecule has 3 rings (SSSR count). The Morgan fingerprint density at radius 1 is 0.529 bits per heavy atom. The van der Waals surface area contributed by atoms with Gasteiger partial charge in [-0.05, 0) is 101 Å². The number of isocyanates is 3. The van der Waals surface area contributed by atoms with Gasteiger partial charge in [-0.1, -0.05) is 6.92 Å². The number of hydrogen-bond acceptors (Lipinski definition) is 12. The summed E-state index contributed by atoms with van der Waals surface area (Å²) in [5.41, 5.74) is -0.997. The minimum atomic E-state index is -0.997. The Hall–Kier alpha value is -4.05. The second-order valence-electron chi connectivity index (χ2n) is 14.7. The first-order valence-electron chi connectivity index (χ1n) is 18.4. The summed E-state index contributed by atoms with van der Waals surface area (Å²) in [5.74, 6) is 0.872. The molecule has 0 atom stereocenters. The highest BCUT2D eigenvalue weighted by molar-refractivity contribution is 5.69. The lowest BCUT2D eigenvalue weighted by Gasteiger charge is -2.37. The lowest BCUT2D eigenvalue weighted by atomic mass is 9.85. The van der Waals surface area contributed by atoms with Crippen LogP contribution in [-0.2, 0) is 28.6 Å². The number of hydrogen-bond donors (Lipinski definition) is 0. The van der Waals surface area contributed by atoms with Crippen LogP contribution < -0.4 is 0 Å². The molecule has 284 valence electrons. The first kappa shape index (κ1) is 41.4. The van der Waals surface area contributed by atoms with Gasteiger partial charge in [-0.2, -0.15) is 0 Å². The molecule has 3 fully saturated rings. The largest absolute Gasteiger partial charge is 0.449 e. The number of carbonyl (C=O) groups is 3. The third kappa shape index (κ3) is 12.9. The van der Waals surface area contributed by atoms with Crippen LogP contribution in [0.25, 0.3) is 0 Å². The van der Waals surface area contributed by atoms with Gasteiger partial charge in [0.15, 0.2) is 0 Å². The van der Waals surface area contributed by atoms with Crippen molar-refractivity contribution < 1.29 is 43.0 Å². The van der Waals surface area contributed by atoms with Crippen molar-refractivity contribution >= 4 is 36.5 Å². The molecule has 0 unspecified atom stereocenters. The number of aliphatic imine (C=N–C) groups is 3. The van der Waals surface area contributed by atoms with Gasteiger partial charge in [-0.15, -0.1) is 0 Å². The molecule has 51 heavy (non-hydrogen) atoms. The van der Waals surface area contributed by atoms with E-state index >= 15 is 0 Å². The van der Waals surface area contributed by atoms with E-state index in [1.807, 2.05) is 6.92 Å². The lowest BCUT2D eigenvalue weighted by molar-refractivity contribution is -0.0381. The number of rotatable bonds is 16. The molecular formula is C36H56N6O9. The summed E-state index contributed by atoms with van der Waals surface area (Å²) in [4.78, 5) is 87.3. The molecule has 0 heterocycles. The molecule has 0 aromatic carbocycles. The average molecular weight is 717 g/mol. The van der Waals surface area contributed by atoms with Crippen LogP contribution in [0.15, 0.2) is 15.0 Å². The van der Waals surface area contributed by atoms with Crippen LogP contribution in [0.5, 0.6) is 0 Å². The Balaban J connectivity index is 1.62. The Labute approximate surface area is 301 Å². The van der Waals surface area contributed by atoms with Crippen molar-refractivity contribution in [3.8, 4) is 0 Å². The highest BCUT2D eigenvalue weighted by Crippen LogP contribution is 2.32. The van der Waals surface area contributed by atoms with E-state index in [4.69, 9.17) is 14.2 Å². The SMILES string of the molecule is CCC(COC(=O)N(C)C1CCC(CN=C=O)CC1)(COC(=O)N(C)C1CCC(CN=C=O)CC1)COC(=O)N(C)C1CCC(CN=C=O)CC1. The summed E-state index contributed by atoms with van der Waals surface area (Å²) < 4.78 is 17.5. The van der Waals surface area contributed by atoms with Crippen molar-refractivity contribution in [3.63, 3.8) is 0 Å². The van der Waals surface area contributed by atoms with Crippen LogP contribution in [0.2, 0.25) is 0 Å². The van der Waals surface area contributed by atoms with Gasteiger partial charge in [0.2, 0.25) is 18.2 Å². The molecule has 0 spiro atoms. The first-order chi connectivity index (χ1) is 24.6. The maximum Gasteiger partial charge on any atom is 0.409 e. The van der Waals surface area contributed by atoms with E-state index in [9.17, 15) is 28.8 Å². The predicted octanol–water partition coefficient (Wildman–Crippen LogP) is 5.27. The second-order valence-corrected chi connectivity index (χ2v) is 14.7. The van der Waals surface area contributed by atoms with Crippen molar-refractivity contribution in [2.45, 2.75) is 109 Å². The van der Waals surface area contributed by atoms with Gasteiger partial charge in [0.25, 0.3) is 0 Å². The molecule has 3 aliphatic carbocycles. The minimum absolute atomic E-state index is 0.0244. The summed E-state index contributed by atoms with van der Waals surface area (Å²) >= 11 is 0. The number of ether oxygens (including phenoxy) is 3. The fourth-order valence-corrected chi connectivity index (χ4v) is 7.47. The molecule has 3 amide bonds. The molecule has 3 saturated carbocycles. The molecule has 3 aliphatic rings. The molecule has 0 aromatic heterocycles. The zero-order valence-corrected chi connectivity index (χ0v) is 30.8. The van der Waals surface area contributed by atoms with Crippen molar-refractivity contribution in [3.05, 3.63) is 0 Å². The third-order valence-corrected chi connectivity index (χ3v) is 11.5. The van der Waals surface area contributed by atoms with Crippen molar-refractivity contribution in [1.82, 2.24) is 14.7 Å². The van der Waals surface area contributed by atoms with Crippen LogP contribution in [0, 0.1) is 23.2 Å². The van der Waals surface area contributed by atoms with Gasteiger partial charge < -0.3 is 28.9 Å². The van der Waals surface area contributed by atoms with E-state index in [2.05, 4.69) is 15.0 Å². The lowest BCUT2D eigenvalue weighted by Crippen LogP contribution is -2.46. The van der Waals surface area contributed by atoms with E-state index < -0.39 is 23.7 Å². The molecule has 0 aromatic rings. The van der Waals surface area contributed by atoms with Crippen LogP contribution in [0.4, 0.5) is 14.4 Å². The van der Waals surface area contributed by atoms with Gasteiger partial charge >= 0.3 is 18.3 Å². The van der Waals surface area contributed by atoms with Gasteiger partial charge in [-0.25, -0.2) is 43.7 Å².